The van der Waals surface area contributed by atoms with E-state index in [4.69, 9.17) is 21.6 Å². The zero-order valence-corrected chi connectivity index (χ0v) is 9.30. The van der Waals surface area contributed by atoms with Gasteiger partial charge in [-0.1, -0.05) is 11.6 Å². The van der Waals surface area contributed by atoms with Crippen LogP contribution in [0.1, 0.15) is 6.42 Å². The highest BCUT2D eigenvalue weighted by molar-refractivity contribution is 6.58. The summed E-state index contributed by atoms with van der Waals surface area (Å²) in [5, 5.41) is 27.8. The third-order valence-electron chi connectivity index (χ3n) is 2.64. The van der Waals surface area contributed by atoms with Gasteiger partial charge in [0.2, 0.25) is 0 Å². The lowest BCUT2D eigenvalue weighted by Gasteiger charge is -2.19. The Morgan fingerprint density at radius 3 is 2.81 bits per heavy atom. The van der Waals surface area contributed by atoms with Crippen LogP contribution in [0.3, 0.4) is 0 Å². The highest BCUT2D eigenvalue weighted by Crippen LogP contribution is 2.25. The Labute approximate surface area is 98.4 Å². The lowest BCUT2D eigenvalue weighted by atomic mass is 9.81. The van der Waals surface area contributed by atoms with Crippen molar-refractivity contribution < 1.29 is 15.2 Å². The summed E-state index contributed by atoms with van der Waals surface area (Å²) in [6, 6.07) is 1.58. The first kappa shape index (κ1) is 11.7. The molecule has 1 saturated heterocycles. The molecule has 2 heterocycles. The monoisotopic (exact) mass is 242 g/mol. The number of aromatic nitrogens is 1. The molecule has 3 N–H and O–H groups in total. The molecule has 1 fully saturated rings. The van der Waals surface area contributed by atoms with Crippen molar-refractivity contribution in [1.29, 1.82) is 0 Å². The molecular formula is C9H12BClN2O3. The summed E-state index contributed by atoms with van der Waals surface area (Å²) in [6.07, 6.45) is 1.64. The van der Waals surface area contributed by atoms with E-state index >= 15 is 0 Å². The number of aliphatic hydroxyl groups excluding tert-OH is 1. The van der Waals surface area contributed by atoms with Gasteiger partial charge in [-0.2, -0.15) is 0 Å². The first-order chi connectivity index (χ1) is 7.58. The summed E-state index contributed by atoms with van der Waals surface area (Å²) >= 11 is 5.93. The van der Waals surface area contributed by atoms with Gasteiger partial charge in [0.1, 0.15) is 0 Å². The van der Waals surface area contributed by atoms with Gasteiger partial charge >= 0.3 is 7.12 Å². The molecule has 5 nitrogen and oxygen atoms in total. The lowest BCUT2D eigenvalue weighted by molar-refractivity contribution is 0.198. The number of rotatable bonds is 2. The first-order valence-corrected chi connectivity index (χ1v) is 5.40. The number of hydrogen-bond donors (Lipinski definition) is 3. The maximum absolute atomic E-state index is 9.43. The number of pyridine rings is 1. The minimum atomic E-state index is -1.56. The first-order valence-electron chi connectivity index (χ1n) is 5.02. The van der Waals surface area contributed by atoms with Crippen molar-refractivity contribution in [2.75, 3.05) is 18.0 Å². The molecule has 2 rings (SSSR count). The SMILES string of the molecule is OB(O)c1cnc(Cl)c(N2CCC(O)C2)c1. The van der Waals surface area contributed by atoms with E-state index in [0.717, 1.165) is 0 Å². The Morgan fingerprint density at radius 1 is 1.50 bits per heavy atom. The number of anilines is 1. The Kier molecular flexibility index (Phi) is 3.34. The van der Waals surface area contributed by atoms with Gasteiger partial charge < -0.3 is 20.1 Å². The predicted octanol–water partition coefficient (Wildman–Crippen LogP) is -1.01. The Hall–Kier alpha value is -0.815. The predicted molar refractivity (Wildman–Crippen MR) is 61.9 cm³/mol. The van der Waals surface area contributed by atoms with Gasteiger partial charge in [0.25, 0.3) is 0 Å². The maximum Gasteiger partial charge on any atom is 0.490 e. The third-order valence-corrected chi connectivity index (χ3v) is 2.94. The number of hydrogen-bond acceptors (Lipinski definition) is 5. The summed E-state index contributed by atoms with van der Waals surface area (Å²) < 4.78 is 0. The molecule has 16 heavy (non-hydrogen) atoms. The second-order valence-corrected chi connectivity index (χ2v) is 4.20. The molecule has 0 aliphatic carbocycles. The Morgan fingerprint density at radius 2 is 2.25 bits per heavy atom. The zero-order chi connectivity index (χ0) is 11.7. The minimum Gasteiger partial charge on any atom is -0.423 e. The van der Waals surface area contributed by atoms with Crippen LogP contribution in [-0.2, 0) is 0 Å². The van der Waals surface area contributed by atoms with E-state index in [1.165, 1.54) is 6.20 Å². The molecular weight excluding hydrogens is 230 g/mol. The molecule has 1 aromatic rings. The van der Waals surface area contributed by atoms with E-state index in [2.05, 4.69) is 4.98 Å². The number of nitrogens with zero attached hydrogens (tertiary/aromatic N) is 2. The van der Waals surface area contributed by atoms with Crippen LogP contribution in [0.25, 0.3) is 0 Å². The summed E-state index contributed by atoms with van der Waals surface area (Å²) in [6.45, 7) is 1.18. The molecule has 0 amide bonds. The van der Waals surface area contributed by atoms with Gasteiger partial charge in [0.05, 0.1) is 11.8 Å². The molecule has 86 valence electrons. The van der Waals surface area contributed by atoms with Gasteiger partial charge in [0, 0.05) is 24.7 Å². The largest absolute Gasteiger partial charge is 0.490 e. The van der Waals surface area contributed by atoms with Crippen molar-refractivity contribution in [2.24, 2.45) is 0 Å². The fourth-order valence-corrected chi connectivity index (χ4v) is 2.00. The quantitative estimate of drug-likeness (QED) is 0.457. The molecule has 0 radical (unpaired) electrons. The van der Waals surface area contributed by atoms with Crippen molar-refractivity contribution in [3.63, 3.8) is 0 Å². The lowest BCUT2D eigenvalue weighted by Crippen LogP contribution is -2.32. The van der Waals surface area contributed by atoms with Gasteiger partial charge in [-0.3, -0.25) is 0 Å². The fraction of sp³-hybridized carbons (Fsp3) is 0.444. The minimum absolute atomic E-state index is 0.292. The number of aliphatic hydroxyl groups is 1. The summed E-state index contributed by atoms with van der Waals surface area (Å²) in [7, 11) is -1.56. The highest BCUT2D eigenvalue weighted by Gasteiger charge is 2.24. The zero-order valence-electron chi connectivity index (χ0n) is 8.54. The van der Waals surface area contributed by atoms with Crippen LogP contribution in [0.2, 0.25) is 5.15 Å². The summed E-state index contributed by atoms with van der Waals surface area (Å²) in [4.78, 5) is 5.77. The van der Waals surface area contributed by atoms with Crippen LogP contribution >= 0.6 is 11.6 Å². The third kappa shape index (κ3) is 2.30. The van der Waals surface area contributed by atoms with Crippen molar-refractivity contribution in [1.82, 2.24) is 4.98 Å². The second-order valence-electron chi connectivity index (χ2n) is 3.84. The van der Waals surface area contributed by atoms with Crippen LogP contribution in [0, 0.1) is 0 Å². The molecule has 0 bridgehead atoms. The van der Waals surface area contributed by atoms with Gasteiger partial charge in [-0.25, -0.2) is 4.98 Å². The molecule has 7 heteroatoms. The highest BCUT2D eigenvalue weighted by atomic mass is 35.5. The number of β-amino-alcohol motifs (C(OH)–C–C–N with tert-alkyl or cyclic N) is 1. The summed E-state index contributed by atoms with van der Waals surface area (Å²) in [5.41, 5.74) is 0.921. The van der Waals surface area contributed by atoms with Crippen LogP contribution < -0.4 is 10.4 Å². The van der Waals surface area contributed by atoms with Gasteiger partial charge in [-0.05, 0) is 12.5 Å². The molecule has 1 aromatic heterocycles. The molecule has 1 aliphatic heterocycles. The summed E-state index contributed by atoms with van der Waals surface area (Å²) in [5.74, 6) is 0. The smallest absolute Gasteiger partial charge is 0.423 e. The number of halogens is 1. The van der Waals surface area contributed by atoms with E-state index in [0.29, 0.717) is 35.8 Å². The van der Waals surface area contributed by atoms with E-state index in [-0.39, 0.29) is 6.10 Å². The van der Waals surface area contributed by atoms with Crippen molar-refractivity contribution in [3.05, 3.63) is 17.4 Å². The molecule has 1 aliphatic rings. The maximum atomic E-state index is 9.43. The second kappa shape index (κ2) is 4.59. The van der Waals surface area contributed by atoms with E-state index in [1.807, 2.05) is 4.90 Å². The standard InChI is InChI=1S/C9H12BClN2O3/c11-9-8(13-2-1-7(14)5-13)3-6(4-12-9)10(15)16/h3-4,7,14-16H,1-2,5H2. The average molecular weight is 242 g/mol. The molecule has 0 spiro atoms. The van der Waals surface area contributed by atoms with Crippen molar-refractivity contribution in [2.45, 2.75) is 12.5 Å². The molecule has 0 saturated carbocycles. The van der Waals surface area contributed by atoms with Gasteiger partial charge in [-0.15, -0.1) is 0 Å². The van der Waals surface area contributed by atoms with Crippen molar-refractivity contribution >= 4 is 29.9 Å². The van der Waals surface area contributed by atoms with E-state index in [9.17, 15) is 5.11 Å². The fourth-order valence-electron chi connectivity index (χ4n) is 1.78. The van der Waals surface area contributed by atoms with Crippen LogP contribution in [0.5, 0.6) is 0 Å². The van der Waals surface area contributed by atoms with E-state index < -0.39 is 7.12 Å². The molecule has 1 atom stereocenters. The van der Waals surface area contributed by atoms with E-state index in [1.54, 1.807) is 6.07 Å². The average Bonchev–Trinajstić information content (AvgIpc) is 2.65. The van der Waals surface area contributed by atoms with Crippen LogP contribution in [0.4, 0.5) is 5.69 Å². The Balaban J connectivity index is 2.28. The topological polar surface area (TPSA) is 76.8 Å². The Bertz CT molecular complexity index is 391. The van der Waals surface area contributed by atoms with Crippen molar-refractivity contribution in [3.8, 4) is 0 Å². The molecule has 0 aromatic carbocycles. The normalized spacial score (nSPS) is 20.2. The molecule has 1 unspecified atom stereocenters. The van der Waals surface area contributed by atoms with Crippen LogP contribution in [0.15, 0.2) is 12.3 Å². The van der Waals surface area contributed by atoms with Crippen LogP contribution in [-0.4, -0.2) is 46.5 Å². The van der Waals surface area contributed by atoms with Gasteiger partial charge in [0.15, 0.2) is 5.15 Å².